The van der Waals surface area contributed by atoms with Crippen molar-refractivity contribution in [2.24, 2.45) is 0 Å². The van der Waals surface area contributed by atoms with Gasteiger partial charge in [0.05, 0.1) is 5.69 Å². The second-order valence-corrected chi connectivity index (χ2v) is 3.81. The molecule has 0 aromatic carbocycles. The van der Waals surface area contributed by atoms with E-state index in [1.54, 1.807) is 12.5 Å². The van der Waals surface area contributed by atoms with Crippen LogP contribution in [0.5, 0.6) is 0 Å². The average Bonchev–Trinajstić information content (AvgIpc) is 2.60. The van der Waals surface area contributed by atoms with E-state index in [1.807, 2.05) is 31.4 Å². The van der Waals surface area contributed by atoms with Gasteiger partial charge in [0.15, 0.2) is 6.29 Å². The molecule has 2 aromatic rings. The first kappa shape index (κ1) is 10.5. The number of carbonyl (C=O) groups excluding carboxylic acids is 1. The second-order valence-electron chi connectivity index (χ2n) is 3.81. The molecule has 4 nitrogen and oxygen atoms in total. The first-order chi connectivity index (χ1) is 7.63. The monoisotopic (exact) mass is 215 g/mol. The Morgan fingerprint density at radius 3 is 2.50 bits per heavy atom. The Balaban J connectivity index is 2.56. The summed E-state index contributed by atoms with van der Waals surface area (Å²) in [5.41, 5.74) is 3.61. The number of aromatic nitrogens is 3. The molecule has 0 amide bonds. The van der Waals surface area contributed by atoms with Crippen LogP contribution in [0, 0.1) is 20.8 Å². The van der Waals surface area contributed by atoms with Crippen molar-refractivity contribution in [1.82, 2.24) is 14.5 Å². The quantitative estimate of drug-likeness (QED) is 0.720. The molecule has 2 rings (SSSR count). The van der Waals surface area contributed by atoms with Crippen molar-refractivity contribution in [3.05, 3.63) is 41.1 Å². The number of hydrogen-bond donors (Lipinski definition) is 0. The van der Waals surface area contributed by atoms with Gasteiger partial charge < -0.3 is 0 Å². The van der Waals surface area contributed by atoms with Gasteiger partial charge in [0.1, 0.15) is 12.1 Å². The van der Waals surface area contributed by atoms with Crippen LogP contribution in [0.3, 0.4) is 0 Å². The molecule has 0 N–H and O–H groups in total. The van der Waals surface area contributed by atoms with Gasteiger partial charge in [0.25, 0.3) is 0 Å². The lowest BCUT2D eigenvalue weighted by Crippen LogP contribution is -2.02. The van der Waals surface area contributed by atoms with Gasteiger partial charge in [-0.1, -0.05) is 0 Å². The fourth-order valence-corrected chi connectivity index (χ4v) is 1.62. The number of aldehydes is 1. The highest BCUT2D eigenvalue weighted by Crippen LogP contribution is 2.15. The Morgan fingerprint density at radius 2 is 2.00 bits per heavy atom. The average molecular weight is 215 g/mol. The molecule has 0 saturated carbocycles. The molecule has 0 aliphatic rings. The molecule has 0 aliphatic carbocycles. The molecule has 2 heterocycles. The van der Waals surface area contributed by atoms with E-state index in [2.05, 4.69) is 9.97 Å². The van der Waals surface area contributed by atoms with E-state index in [-0.39, 0.29) is 0 Å². The predicted molar refractivity (Wildman–Crippen MR) is 61.0 cm³/mol. The van der Waals surface area contributed by atoms with E-state index in [0.717, 1.165) is 29.1 Å². The lowest BCUT2D eigenvalue weighted by molar-refractivity contribution is 0.112. The third kappa shape index (κ3) is 1.62. The number of hydrogen-bond acceptors (Lipinski definition) is 3. The molecule has 0 fully saturated rings. The van der Waals surface area contributed by atoms with Crippen LogP contribution in [0.1, 0.15) is 27.3 Å². The number of imidazole rings is 1. The lowest BCUT2D eigenvalue weighted by Gasteiger charge is -2.08. The van der Waals surface area contributed by atoms with Gasteiger partial charge in [-0.15, -0.1) is 0 Å². The number of nitrogens with zero attached hydrogens (tertiary/aromatic N) is 3. The van der Waals surface area contributed by atoms with Gasteiger partial charge in [-0.3, -0.25) is 9.36 Å². The molecule has 0 atom stereocenters. The standard InChI is InChI=1S/C12H13N3O/c1-8-4-11(6-16)5-13-12(8)15-7-14-9(2)10(15)3/h4-7H,1-3H3. The summed E-state index contributed by atoms with van der Waals surface area (Å²) in [4.78, 5) is 19.1. The summed E-state index contributed by atoms with van der Waals surface area (Å²) < 4.78 is 1.93. The molecule has 0 radical (unpaired) electrons. The number of rotatable bonds is 2. The fourth-order valence-electron chi connectivity index (χ4n) is 1.62. The maximum Gasteiger partial charge on any atom is 0.151 e. The largest absolute Gasteiger partial charge is 0.298 e. The fraction of sp³-hybridized carbons (Fsp3) is 0.250. The molecule has 0 bridgehead atoms. The van der Waals surface area contributed by atoms with Crippen molar-refractivity contribution in [3.8, 4) is 5.82 Å². The zero-order valence-electron chi connectivity index (χ0n) is 9.56. The third-order valence-corrected chi connectivity index (χ3v) is 2.69. The molecular weight excluding hydrogens is 202 g/mol. The first-order valence-electron chi connectivity index (χ1n) is 5.06. The molecule has 0 spiro atoms. The summed E-state index contributed by atoms with van der Waals surface area (Å²) in [6.45, 7) is 5.89. The second kappa shape index (κ2) is 3.89. The van der Waals surface area contributed by atoms with Crippen LogP contribution < -0.4 is 0 Å². The summed E-state index contributed by atoms with van der Waals surface area (Å²) >= 11 is 0. The van der Waals surface area contributed by atoms with Gasteiger partial charge >= 0.3 is 0 Å². The van der Waals surface area contributed by atoms with Crippen molar-refractivity contribution < 1.29 is 4.79 Å². The van der Waals surface area contributed by atoms with Crippen LogP contribution in [-0.4, -0.2) is 20.8 Å². The van der Waals surface area contributed by atoms with Crippen LogP contribution >= 0.6 is 0 Å². The molecule has 2 aromatic heterocycles. The highest BCUT2D eigenvalue weighted by molar-refractivity contribution is 5.74. The van der Waals surface area contributed by atoms with E-state index >= 15 is 0 Å². The molecular formula is C12H13N3O. The normalized spacial score (nSPS) is 10.4. The number of pyridine rings is 1. The summed E-state index contributed by atoms with van der Waals surface area (Å²) in [6, 6.07) is 1.82. The van der Waals surface area contributed by atoms with Gasteiger partial charge in [-0.25, -0.2) is 9.97 Å². The van der Waals surface area contributed by atoms with Crippen molar-refractivity contribution >= 4 is 6.29 Å². The van der Waals surface area contributed by atoms with Gasteiger partial charge in [-0.2, -0.15) is 0 Å². The molecule has 0 unspecified atom stereocenters. The van der Waals surface area contributed by atoms with Crippen LogP contribution in [0.15, 0.2) is 18.6 Å². The van der Waals surface area contributed by atoms with E-state index in [9.17, 15) is 4.79 Å². The van der Waals surface area contributed by atoms with E-state index < -0.39 is 0 Å². The summed E-state index contributed by atoms with van der Waals surface area (Å²) in [5, 5.41) is 0. The molecule has 0 saturated heterocycles. The van der Waals surface area contributed by atoms with Crippen LogP contribution in [0.2, 0.25) is 0 Å². The summed E-state index contributed by atoms with van der Waals surface area (Å²) in [6.07, 6.45) is 4.13. The van der Waals surface area contributed by atoms with Crippen molar-refractivity contribution in [1.29, 1.82) is 0 Å². The molecule has 82 valence electrons. The topological polar surface area (TPSA) is 47.8 Å². The Kier molecular flexibility index (Phi) is 2.56. The van der Waals surface area contributed by atoms with Crippen molar-refractivity contribution in [2.75, 3.05) is 0 Å². The Hall–Kier alpha value is -1.97. The Morgan fingerprint density at radius 1 is 1.25 bits per heavy atom. The van der Waals surface area contributed by atoms with E-state index in [4.69, 9.17) is 0 Å². The smallest absolute Gasteiger partial charge is 0.151 e. The Bertz CT molecular complexity index is 543. The van der Waals surface area contributed by atoms with E-state index in [1.165, 1.54) is 0 Å². The first-order valence-corrected chi connectivity index (χ1v) is 5.06. The zero-order valence-corrected chi connectivity index (χ0v) is 9.56. The maximum absolute atomic E-state index is 10.6. The SMILES string of the molecule is Cc1cc(C=O)cnc1-n1cnc(C)c1C. The lowest BCUT2D eigenvalue weighted by atomic mass is 10.2. The summed E-state index contributed by atoms with van der Waals surface area (Å²) in [5.74, 6) is 0.823. The van der Waals surface area contributed by atoms with Crippen molar-refractivity contribution in [3.63, 3.8) is 0 Å². The minimum Gasteiger partial charge on any atom is -0.298 e. The summed E-state index contributed by atoms with van der Waals surface area (Å²) in [7, 11) is 0. The zero-order chi connectivity index (χ0) is 11.7. The van der Waals surface area contributed by atoms with Crippen molar-refractivity contribution in [2.45, 2.75) is 20.8 Å². The maximum atomic E-state index is 10.6. The minimum atomic E-state index is 0.593. The van der Waals surface area contributed by atoms with Crippen LogP contribution in [0.25, 0.3) is 5.82 Å². The van der Waals surface area contributed by atoms with Crippen LogP contribution in [-0.2, 0) is 0 Å². The van der Waals surface area contributed by atoms with Gasteiger partial charge in [-0.05, 0) is 32.4 Å². The third-order valence-electron chi connectivity index (χ3n) is 2.69. The molecule has 0 aliphatic heterocycles. The minimum absolute atomic E-state index is 0.593. The highest BCUT2D eigenvalue weighted by atomic mass is 16.1. The van der Waals surface area contributed by atoms with Crippen LogP contribution in [0.4, 0.5) is 0 Å². The van der Waals surface area contributed by atoms with Gasteiger partial charge in [0.2, 0.25) is 0 Å². The Labute approximate surface area is 94.0 Å². The van der Waals surface area contributed by atoms with Gasteiger partial charge in [0, 0.05) is 17.5 Å². The van der Waals surface area contributed by atoms with E-state index in [0.29, 0.717) is 5.56 Å². The number of carbonyl (C=O) groups is 1. The molecule has 16 heavy (non-hydrogen) atoms. The predicted octanol–water partition coefficient (Wildman–Crippen LogP) is 2.01. The molecule has 4 heteroatoms. The number of aryl methyl sites for hydroxylation is 2. The highest BCUT2D eigenvalue weighted by Gasteiger charge is 2.08.